The fourth-order valence-electron chi connectivity index (χ4n) is 1.78. The monoisotopic (exact) mass is 246 g/mol. The maximum absolute atomic E-state index is 13.0. The highest BCUT2D eigenvalue weighted by Gasteiger charge is 2.12. The average Bonchev–Trinajstić information content (AvgIpc) is 2.33. The van der Waals surface area contributed by atoms with E-state index in [1.807, 2.05) is 13.8 Å². The molecule has 3 nitrogen and oxygen atoms in total. The molecule has 94 valence electrons. The summed E-state index contributed by atoms with van der Waals surface area (Å²) in [5, 5.41) is 10.1. The molecule has 0 aliphatic heterocycles. The van der Waals surface area contributed by atoms with E-state index in [0.717, 1.165) is 16.8 Å². The van der Waals surface area contributed by atoms with E-state index >= 15 is 0 Å². The number of hydrogen-bond donors (Lipinski definition) is 1. The van der Waals surface area contributed by atoms with Gasteiger partial charge in [-0.15, -0.1) is 0 Å². The molecular formula is C14H15FN2O. The van der Waals surface area contributed by atoms with E-state index in [0.29, 0.717) is 12.1 Å². The standard InChI is InChI=1S/C14H15FN2O/c1-9-5-12(15)4-3-11(9)6-14(18)13-8-16-10(2)7-17-13/h3-5,7-8,14,18H,6H2,1-2H3. The minimum Gasteiger partial charge on any atom is -0.386 e. The van der Waals surface area contributed by atoms with E-state index in [1.54, 1.807) is 18.5 Å². The van der Waals surface area contributed by atoms with Crippen molar-refractivity contribution in [3.05, 3.63) is 58.9 Å². The largest absolute Gasteiger partial charge is 0.386 e. The lowest BCUT2D eigenvalue weighted by atomic mass is 10.0. The van der Waals surface area contributed by atoms with Crippen LogP contribution in [0.1, 0.15) is 28.6 Å². The first-order valence-electron chi connectivity index (χ1n) is 5.78. The number of benzene rings is 1. The van der Waals surface area contributed by atoms with Crippen LogP contribution in [0.4, 0.5) is 4.39 Å². The summed E-state index contributed by atoms with van der Waals surface area (Å²) in [6.07, 6.45) is 2.88. The van der Waals surface area contributed by atoms with Crippen molar-refractivity contribution >= 4 is 0 Å². The Hall–Kier alpha value is -1.81. The smallest absolute Gasteiger partial charge is 0.123 e. The molecule has 0 bridgehead atoms. The number of hydrogen-bond acceptors (Lipinski definition) is 3. The van der Waals surface area contributed by atoms with Crippen LogP contribution in [0.15, 0.2) is 30.6 Å². The van der Waals surface area contributed by atoms with Crippen molar-refractivity contribution in [2.24, 2.45) is 0 Å². The Morgan fingerprint density at radius 2 is 2.00 bits per heavy atom. The van der Waals surface area contributed by atoms with Crippen LogP contribution in [0.3, 0.4) is 0 Å². The fourth-order valence-corrected chi connectivity index (χ4v) is 1.78. The number of halogens is 1. The minimum absolute atomic E-state index is 0.263. The van der Waals surface area contributed by atoms with Crippen molar-refractivity contribution in [3.8, 4) is 0 Å². The SMILES string of the molecule is Cc1cnc(C(O)Cc2ccc(F)cc2C)cn1. The highest BCUT2D eigenvalue weighted by molar-refractivity contribution is 5.27. The predicted molar refractivity (Wildman–Crippen MR) is 66.6 cm³/mol. The molecule has 1 aromatic carbocycles. The van der Waals surface area contributed by atoms with E-state index < -0.39 is 6.10 Å². The summed E-state index contributed by atoms with van der Waals surface area (Å²) in [5.41, 5.74) is 3.08. The first-order chi connectivity index (χ1) is 8.56. The highest BCUT2D eigenvalue weighted by Crippen LogP contribution is 2.19. The van der Waals surface area contributed by atoms with Gasteiger partial charge >= 0.3 is 0 Å². The zero-order valence-electron chi connectivity index (χ0n) is 10.4. The molecule has 0 fully saturated rings. The van der Waals surface area contributed by atoms with Crippen molar-refractivity contribution in [2.75, 3.05) is 0 Å². The molecule has 0 spiro atoms. The van der Waals surface area contributed by atoms with Gasteiger partial charge in [-0.3, -0.25) is 9.97 Å². The molecule has 0 aliphatic carbocycles. The molecule has 4 heteroatoms. The van der Waals surface area contributed by atoms with Crippen LogP contribution < -0.4 is 0 Å². The van der Waals surface area contributed by atoms with E-state index in [1.165, 1.54) is 12.1 Å². The Balaban J connectivity index is 2.15. The zero-order valence-corrected chi connectivity index (χ0v) is 10.4. The molecule has 0 amide bonds. The van der Waals surface area contributed by atoms with E-state index in [9.17, 15) is 9.50 Å². The maximum Gasteiger partial charge on any atom is 0.123 e. The summed E-state index contributed by atoms with van der Waals surface area (Å²) < 4.78 is 13.0. The molecule has 1 heterocycles. The summed E-state index contributed by atoms with van der Waals surface area (Å²) in [4.78, 5) is 8.23. The summed E-state index contributed by atoms with van der Waals surface area (Å²) in [6, 6.07) is 4.55. The quantitative estimate of drug-likeness (QED) is 0.905. The van der Waals surface area contributed by atoms with Gasteiger partial charge in [-0.2, -0.15) is 0 Å². The fraction of sp³-hybridized carbons (Fsp3) is 0.286. The number of aliphatic hydroxyl groups is 1. The molecule has 0 saturated heterocycles. The van der Waals surface area contributed by atoms with Gasteiger partial charge in [0.05, 0.1) is 17.6 Å². The van der Waals surface area contributed by atoms with Gasteiger partial charge in [-0.25, -0.2) is 4.39 Å². The molecule has 1 aromatic heterocycles. The molecule has 1 unspecified atom stereocenters. The molecule has 0 radical (unpaired) electrons. The first kappa shape index (κ1) is 12.6. The summed E-state index contributed by atoms with van der Waals surface area (Å²) in [5.74, 6) is -0.263. The highest BCUT2D eigenvalue weighted by atomic mass is 19.1. The van der Waals surface area contributed by atoms with Crippen molar-refractivity contribution in [1.82, 2.24) is 9.97 Å². The van der Waals surface area contributed by atoms with E-state index in [2.05, 4.69) is 9.97 Å². The summed E-state index contributed by atoms with van der Waals surface area (Å²) >= 11 is 0. The van der Waals surface area contributed by atoms with Crippen molar-refractivity contribution < 1.29 is 9.50 Å². The summed E-state index contributed by atoms with van der Waals surface area (Å²) in [7, 11) is 0. The number of nitrogens with zero attached hydrogens (tertiary/aromatic N) is 2. The molecule has 18 heavy (non-hydrogen) atoms. The van der Waals surface area contributed by atoms with Gasteiger partial charge in [0.2, 0.25) is 0 Å². The molecule has 0 saturated carbocycles. The van der Waals surface area contributed by atoms with Crippen LogP contribution in [0.5, 0.6) is 0 Å². The van der Waals surface area contributed by atoms with Gasteiger partial charge in [0.15, 0.2) is 0 Å². The van der Waals surface area contributed by atoms with Crippen LogP contribution in [0.25, 0.3) is 0 Å². The topological polar surface area (TPSA) is 46.0 Å². The van der Waals surface area contributed by atoms with Gasteiger partial charge in [0, 0.05) is 12.6 Å². The minimum atomic E-state index is -0.720. The lowest BCUT2D eigenvalue weighted by molar-refractivity contribution is 0.173. The van der Waals surface area contributed by atoms with Gasteiger partial charge in [-0.1, -0.05) is 6.07 Å². The molecule has 1 atom stereocenters. The van der Waals surface area contributed by atoms with Gasteiger partial charge in [-0.05, 0) is 37.1 Å². The third kappa shape index (κ3) is 2.90. The predicted octanol–water partition coefficient (Wildman–Crippen LogP) is 2.51. The van der Waals surface area contributed by atoms with E-state index in [4.69, 9.17) is 0 Å². The van der Waals surface area contributed by atoms with Crippen molar-refractivity contribution in [1.29, 1.82) is 0 Å². The first-order valence-corrected chi connectivity index (χ1v) is 5.78. The Morgan fingerprint density at radius 1 is 1.22 bits per heavy atom. The molecule has 1 N–H and O–H groups in total. The number of aryl methyl sites for hydroxylation is 2. The average molecular weight is 246 g/mol. The van der Waals surface area contributed by atoms with Crippen molar-refractivity contribution in [2.45, 2.75) is 26.4 Å². The van der Waals surface area contributed by atoms with E-state index in [-0.39, 0.29) is 5.82 Å². The van der Waals surface area contributed by atoms with Gasteiger partial charge in [0.1, 0.15) is 11.9 Å². The third-order valence-corrected chi connectivity index (χ3v) is 2.86. The summed E-state index contributed by atoms with van der Waals surface area (Å²) in [6.45, 7) is 3.67. The lowest BCUT2D eigenvalue weighted by Gasteiger charge is -2.12. The van der Waals surface area contributed by atoms with Crippen LogP contribution in [-0.4, -0.2) is 15.1 Å². The molecule has 0 aliphatic rings. The van der Waals surface area contributed by atoms with Crippen LogP contribution >= 0.6 is 0 Å². The second-order valence-electron chi connectivity index (χ2n) is 4.37. The molecule has 2 rings (SSSR count). The second-order valence-corrected chi connectivity index (χ2v) is 4.37. The van der Waals surface area contributed by atoms with Crippen LogP contribution in [0.2, 0.25) is 0 Å². The number of aromatic nitrogens is 2. The second kappa shape index (κ2) is 5.23. The van der Waals surface area contributed by atoms with Crippen LogP contribution in [0, 0.1) is 19.7 Å². The molecular weight excluding hydrogens is 231 g/mol. The Morgan fingerprint density at radius 3 is 2.61 bits per heavy atom. The maximum atomic E-state index is 13.0. The lowest BCUT2D eigenvalue weighted by Crippen LogP contribution is -2.06. The Kier molecular flexibility index (Phi) is 3.67. The normalized spacial score (nSPS) is 12.4. The van der Waals surface area contributed by atoms with Gasteiger partial charge in [0.25, 0.3) is 0 Å². The van der Waals surface area contributed by atoms with Crippen LogP contribution in [-0.2, 0) is 6.42 Å². The number of rotatable bonds is 3. The Labute approximate surface area is 105 Å². The zero-order chi connectivity index (χ0) is 13.1. The third-order valence-electron chi connectivity index (χ3n) is 2.86. The van der Waals surface area contributed by atoms with Gasteiger partial charge < -0.3 is 5.11 Å². The number of aliphatic hydroxyl groups excluding tert-OH is 1. The Bertz CT molecular complexity index is 540. The molecule has 2 aromatic rings. The van der Waals surface area contributed by atoms with Crippen molar-refractivity contribution in [3.63, 3.8) is 0 Å².